The monoisotopic (exact) mass is 307 g/mol. The van der Waals surface area contributed by atoms with E-state index in [1.807, 2.05) is 17.5 Å². The van der Waals surface area contributed by atoms with Gasteiger partial charge in [0.15, 0.2) is 0 Å². The van der Waals surface area contributed by atoms with Crippen molar-refractivity contribution < 1.29 is 14.7 Å². The van der Waals surface area contributed by atoms with Gasteiger partial charge in [-0.2, -0.15) is 0 Å². The van der Waals surface area contributed by atoms with Gasteiger partial charge in [-0.15, -0.1) is 11.3 Å². The molecule has 102 valence electrons. The maximum Gasteiger partial charge on any atom is 0.335 e. The lowest BCUT2D eigenvalue weighted by Gasteiger charge is -2.05. The van der Waals surface area contributed by atoms with Gasteiger partial charge in [0.1, 0.15) is 0 Å². The van der Waals surface area contributed by atoms with Crippen molar-refractivity contribution in [3.63, 3.8) is 0 Å². The van der Waals surface area contributed by atoms with Crippen molar-refractivity contribution in [1.29, 1.82) is 0 Å². The van der Waals surface area contributed by atoms with Crippen molar-refractivity contribution in [2.45, 2.75) is 0 Å². The fraction of sp³-hybridized carbons (Fsp3) is 0. The second-order valence-electron chi connectivity index (χ2n) is 3.84. The molecular weight excluding hydrogens is 298 g/mol. The van der Waals surface area contributed by atoms with Gasteiger partial charge in [0, 0.05) is 11.0 Å². The van der Waals surface area contributed by atoms with E-state index >= 15 is 0 Å². The fourth-order valence-corrected chi connectivity index (χ4v) is 2.31. The smallest absolute Gasteiger partial charge is 0.335 e. The van der Waals surface area contributed by atoms with Crippen LogP contribution in [0.15, 0.2) is 41.8 Å². The van der Waals surface area contributed by atoms with Gasteiger partial charge in [-0.05, 0) is 35.7 Å². The molecule has 0 unspecified atom stereocenters. The Morgan fingerprint density at radius 2 is 2.10 bits per heavy atom. The topological polar surface area (TPSA) is 66.4 Å². The minimum atomic E-state index is -1.07. The van der Waals surface area contributed by atoms with Crippen molar-refractivity contribution in [3.05, 3.63) is 57.3 Å². The first-order valence-electron chi connectivity index (χ1n) is 5.61. The third-order valence-electron chi connectivity index (χ3n) is 2.42. The van der Waals surface area contributed by atoms with Crippen LogP contribution in [0.3, 0.4) is 0 Å². The molecule has 1 amide bonds. The number of halogens is 1. The molecule has 0 spiro atoms. The number of amides is 1. The van der Waals surface area contributed by atoms with E-state index in [-0.39, 0.29) is 16.5 Å². The molecule has 0 atom stereocenters. The van der Waals surface area contributed by atoms with Crippen LogP contribution >= 0.6 is 22.9 Å². The summed E-state index contributed by atoms with van der Waals surface area (Å²) in [4.78, 5) is 23.4. The molecule has 20 heavy (non-hydrogen) atoms. The van der Waals surface area contributed by atoms with E-state index in [1.165, 1.54) is 35.6 Å². The van der Waals surface area contributed by atoms with E-state index in [0.29, 0.717) is 5.69 Å². The SMILES string of the molecule is O=C(C=Cc1cccs1)Nc1ccc(C(=O)O)cc1Cl. The maximum atomic E-state index is 11.7. The van der Waals surface area contributed by atoms with Crippen LogP contribution in [0, 0.1) is 0 Å². The summed E-state index contributed by atoms with van der Waals surface area (Å²) in [5, 5.41) is 13.5. The molecule has 2 aromatic rings. The van der Waals surface area contributed by atoms with Gasteiger partial charge < -0.3 is 10.4 Å². The van der Waals surface area contributed by atoms with E-state index in [9.17, 15) is 9.59 Å². The predicted octanol–water partition coefficient (Wildman–Crippen LogP) is 3.75. The Hall–Kier alpha value is -2.11. The number of hydrogen-bond donors (Lipinski definition) is 2. The average Bonchev–Trinajstić information content (AvgIpc) is 2.91. The zero-order valence-electron chi connectivity index (χ0n) is 10.2. The van der Waals surface area contributed by atoms with Gasteiger partial charge in [0.05, 0.1) is 16.3 Å². The molecule has 0 radical (unpaired) electrons. The Labute approximate surface area is 124 Å². The minimum Gasteiger partial charge on any atom is -0.478 e. The van der Waals surface area contributed by atoms with E-state index in [2.05, 4.69) is 5.32 Å². The molecule has 0 fully saturated rings. The molecule has 0 aliphatic carbocycles. The van der Waals surface area contributed by atoms with Crippen LogP contribution in [0.2, 0.25) is 5.02 Å². The van der Waals surface area contributed by atoms with Gasteiger partial charge in [-0.25, -0.2) is 4.79 Å². The summed E-state index contributed by atoms with van der Waals surface area (Å²) in [7, 11) is 0. The Morgan fingerprint density at radius 1 is 1.30 bits per heavy atom. The van der Waals surface area contributed by atoms with Crippen molar-refractivity contribution >= 4 is 46.6 Å². The first-order valence-corrected chi connectivity index (χ1v) is 6.87. The summed E-state index contributed by atoms with van der Waals surface area (Å²) >= 11 is 7.44. The second kappa shape index (κ2) is 6.36. The number of carboxylic acids is 1. The summed E-state index contributed by atoms with van der Waals surface area (Å²) in [6.45, 7) is 0. The molecule has 1 heterocycles. The highest BCUT2D eigenvalue weighted by Crippen LogP contribution is 2.23. The second-order valence-corrected chi connectivity index (χ2v) is 5.22. The lowest BCUT2D eigenvalue weighted by molar-refractivity contribution is -0.111. The van der Waals surface area contributed by atoms with Crippen LogP contribution in [-0.2, 0) is 4.79 Å². The highest BCUT2D eigenvalue weighted by atomic mass is 35.5. The maximum absolute atomic E-state index is 11.7. The molecule has 0 aliphatic heterocycles. The zero-order valence-corrected chi connectivity index (χ0v) is 11.7. The molecule has 4 nitrogen and oxygen atoms in total. The third-order valence-corrected chi connectivity index (χ3v) is 3.57. The zero-order chi connectivity index (χ0) is 14.5. The molecule has 2 rings (SSSR count). The quantitative estimate of drug-likeness (QED) is 0.845. The molecule has 2 N–H and O–H groups in total. The number of nitrogens with one attached hydrogen (secondary N) is 1. The predicted molar refractivity (Wildman–Crippen MR) is 80.4 cm³/mol. The summed E-state index contributed by atoms with van der Waals surface area (Å²) in [6.07, 6.45) is 3.09. The molecule has 0 aliphatic rings. The third kappa shape index (κ3) is 3.69. The Balaban J connectivity index is 2.06. The van der Waals surface area contributed by atoms with E-state index in [4.69, 9.17) is 16.7 Å². The van der Waals surface area contributed by atoms with Crippen molar-refractivity contribution in [2.24, 2.45) is 0 Å². The number of anilines is 1. The number of carboxylic acid groups (broad SMARTS) is 1. The standard InChI is InChI=1S/C14H10ClNO3S/c15-11-8-9(14(18)19)3-5-12(11)16-13(17)6-4-10-2-1-7-20-10/h1-8H,(H,16,17)(H,18,19). The van der Waals surface area contributed by atoms with Crippen LogP contribution in [0.25, 0.3) is 6.08 Å². The number of carbonyl (C=O) groups excluding carboxylic acids is 1. The number of thiophene rings is 1. The van der Waals surface area contributed by atoms with Gasteiger partial charge in [-0.3, -0.25) is 4.79 Å². The molecule has 0 saturated carbocycles. The van der Waals surface area contributed by atoms with Crippen LogP contribution in [-0.4, -0.2) is 17.0 Å². The van der Waals surface area contributed by atoms with E-state index < -0.39 is 5.97 Å². The Kier molecular flexibility index (Phi) is 4.55. The average molecular weight is 308 g/mol. The lowest BCUT2D eigenvalue weighted by atomic mass is 10.2. The Bertz CT molecular complexity index is 665. The van der Waals surface area contributed by atoms with E-state index in [0.717, 1.165) is 4.88 Å². The van der Waals surface area contributed by atoms with E-state index in [1.54, 1.807) is 6.08 Å². The molecule has 1 aromatic carbocycles. The Morgan fingerprint density at radius 3 is 2.70 bits per heavy atom. The van der Waals surface area contributed by atoms with Crippen molar-refractivity contribution in [2.75, 3.05) is 5.32 Å². The van der Waals surface area contributed by atoms with Gasteiger partial charge in [-0.1, -0.05) is 17.7 Å². The molecule has 6 heteroatoms. The van der Waals surface area contributed by atoms with Crippen LogP contribution in [0.4, 0.5) is 5.69 Å². The van der Waals surface area contributed by atoms with Crippen LogP contribution < -0.4 is 5.32 Å². The summed E-state index contributed by atoms with van der Waals surface area (Å²) < 4.78 is 0. The lowest BCUT2D eigenvalue weighted by Crippen LogP contribution is -2.08. The van der Waals surface area contributed by atoms with Gasteiger partial charge >= 0.3 is 5.97 Å². The number of rotatable bonds is 4. The van der Waals surface area contributed by atoms with Crippen molar-refractivity contribution in [1.82, 2.24) is 0 Å². The highest BCUT2D eigenvalue weighted by molar-refractivity contribution is 7.10. The minimum absolute atomic E-state index is 0.0714. The van der Waals surface area contributed by atoms with Crippen molar-refractivity contribution in [3.8, 4) is 0 Å². The summed E-state index contributed by atoms with van der Waals surface area (Å²) in [6, 6.07) is 7.92. The largest absolute Gasteiger partial charge is 0.478 e. The molecule has 0 bridgehead atoms. The first-order chi connectivity index (χ1) is 9.56. The summed E-state index contributed by atoms with van der Waals surface area (Å²) in [5.41, 5.74) is 0.444. The highest BCUT2D eigenvalue weighted by Gasteiger charge is 2.08. The number of benzene rings is 1. The first kappa shape index (κ1) is 14.3. The fourth-order valence-electron chi connectivity index (χ4n) is 1.47. The number of aromatic carboxylic acids is 1. The van der Waals surface area contributed by atoms with Crippen LogP contribution in [0.5, 0.6) is 0 Å². The molecular formula is C14H10ClNO3S. The van der Waals surface area contributed by atoms with Gasteiger partial charge in [0.25, 0.3) is 0 Å². The summed E-state index contributed by atoms with van der Waals surface area (Å²) in [5.74, 6) is -1.40. The molecule has 1 aromatic heterocycles. The molecule has 0 saturated heterocycles. The van der Waals surface area contributed by atoms with Crippen LogP contribution in [0.1, 0.15) is 15.2 Å². The number of hydrogen-bond acceptors (Lipinski definition) is 3. The number of carbonyl (C=O) groups is 2. The normalized spacial score (nSPS) is 10.7. The van der Waals surface area contributed by atoms with Gasteiger partial charge in [0.2, 0.25) is 5.91 Å².